The van der Waals surface area contributed by atoms with Gasteiger partial charge in [-0.15, -0.1) is 0 Å². The summed E-state index contributed by atoms with van der Waals surface area (Å²) in [6.45, 7) is 1.64. The minimum absolute atomic E-state index is 0.0177. The predicted octanol–water partition coefficient (Wildman–Crippen LogP) is 2.02. The van der Waals surface area contributed by atoms with E-state index >= 15 is 0 Å². The number of carbonyl (C=O) groups excluding carboxylic acids is 2. The van der Waals surface area contributed by atoms with Crippen LogP contribution in [0.4, 0.5) is 10.1 Å². The van der Waals surface area contributed by atoms with Crippen molar-refractivity contribution >= 4 is 17.5 Å². The van der Waals surface area contributed by atoms with E-state index in [1.165, 1.54) is 12.1 Å². The van der Waals surface area contributed by atoms with Crippen molar-refractivity contribution in [1.29, 1.82) is 0 Å². The summed E-state index contributed by atoms with van der Waals surface area (Å²) in [5, 5.41) is 5.52. The largest absolute Gasteiger partial charge is 0.482 e. The Balaban J connectivity index is 1.49. The first kappa shape index (κ1) is 17.9. The fourth-order valence-electron chi connectivity index (χ4n) is 2.71. The van der Waals surface area contributed by atoms with Crippen LogP contribution in [0.2, 0.25) is 0 Å². The van der Waals surface area contributed by atoms with Gasteiger partial charge < -0.3 is 20.3 Å². The van der Waals surface area contributed by atoms with Gasteiger partial charge in [-0.1, -0.05) is 12.1 Å². The van der Waals surface area contributed by atoms with E-state index in [1.54, 1.807) is 24.3 Å². The summed E-state index contributed by atoms with van der Waals surface area (Å²) in [7, 11) is 1.91. The normalized spacial score (nSPS) is 13.0. The Bertz CT molecular complexity index is 825. The molecule has 6 nitrogen and oxygen atoms in total. The molecular weight excluding hydrogens is 337 g/mol. The van der Waals surface area contributed by atoms with Gasteiger partial charge in [0.2, 0.25) is 0 Å². The van der Waals surface area contributed by atoms with E-state index in [9.17, 15) is 14.0 Å². The maximum Gasteiger partial charge on any atom is 0.262 e. The van der Waals surface area contributed by atoms with Gasteiger partial charge in [-0.05, 0) is 42.9 Å². The molecular formula is C19H20FN3O3. The monoisotopic (exact) mass is 357 g/mol. The van der Waals surface area contributed by atoms with Crippen molar-refractivity contribution in [1.82, 2.24) is 10.2 Å². The highest BCUT2D eigenvalue weighted by Gasteiger charge is 2.17. The van der Waals surface area contributed by atoms with Crippen molar-refractivity contribution in [3.63, 3.8) is 0 Å². The molecule has 0 bridgehead atoms. The zero-order chi connectivity index (χ0) is 18.5. The lowest BCUT2D eigenvalue weighted by molar-refractivity contribution is -0.118. The lowest BCUT2D eigenvalue weighted by atomic mass is 10.1. The molecule has 0 saturated heterocycles. The van der Waals surface area contributed by atoms with E-state index in [-0.39, 0.29) is 24.2 Å². The number of fused-ring (bicyclic) bond motifs is 1. The van der Waals surface area contributed by atoms with Crippen molar-refractivity contribution in [3.8, 4) is 5.75 Å². The fraction of sp³-hybridized carbons (Fsp3) is 0.263. The van der Waals surface area contributed by atoms with Gasteiger partial charge in [-0.2, -0.15) is 0 Å². The second kappa shape index (κ2) is 7.97. The molecule has 2 N–H and O–H groups in total. The van der Waals surface area contributed by atoms with Gasteiger partial charge in [0.15, 0.2) is 6.61 Å². The first-order chi connectivity index (χ1) is 12.5. The topological polar surface area (TPSA) is 70.7 Å². The zero-order valence-corrected chi connectivity index (χ0v) is 14.4. The molecule has 26 heavy (non-hydrogen) atoms. The highest BCUT2D eigenvalue weighted by Crippen LogP contribution is 2.28. The number of amides is 2. The van der Waals surface area contributed by atoms with Gasteiger partial charge in [-0.25, -0.2) is 4.39 Å². The maximum absolute atomic E-state index is 13.2. The number of ether oxygens (including phenoxy) is 1. The molecule has 2 aromatic carbocycles. The zero-order valence-electron chi connectivity index (χ0n) is 14.4. The average Bonchev–Trinajstić information content (AvgIpc) is 2.61. The van der Waals surface area contributed by atoms with Crippen molar-refractivity contribution < 1.29 is 18.7 Å². The van der Waals surface area contributed by atoms with E-state index < -0.39 is 0 Å². The predicted molar refractivity (Wildman–Crippen MR) is 95.6 cm³/mol. The molecule has 0 saturated carbocycles. The molecule has 0 aliphatic carbocycles. The molecule has 7 heteroatoms. The summed E-state index contributed by atoms with van der Waals surface area (Å²) in [6, 6.07) is 11.4. The number of nitrogens with one attached hydrogen (secondary N) is 2. The number of carbonyl (C=O) groups is 2. The summed E-state index contributed by atoms with van der Waals surface area (Å²) in [5.74, 6) is -0.176. The summed E-state index contributed by atoms with van der Waals surface area (Å²) >= 11 is 0. The second-order valence-corrected chi connectivity index (χ2v) is 6.17. The van der Waals surface area contributed by atoms with Crippen molar-refractivity contribution in [2.45, 2.75) is 6.54 Å². The summed E-state index contributed by atoms with van der Waals surface area (Å²) in [5.41, 5.74) is 1.82. The number of likely N-dealkylation sites (N-methyl/N-ethyl adjacent to an activating group) is 1. The number of halogens is 1. The number of hydrogen-bond acceptors (Lipinski definition) is 4. The molecule has 0 atom stereocenters. The van der Waals surface area contributed by atoms with Crippen LogP contribution in [0.3, 0.4) is 0 Å². The van der Waals surface area contributed by atoms with Crippen LogP contribution in [-0.2, 0) is 11.3 Å². The lowest BCUT2D eigenvalue weighted by Crippen LogP contribution is -2.33. The first-order valence-electron chi connectivity index (χ1n) is 8.29. The maximum atomic E-state index is 13.2. The fourth-order valence-corrected chi connectivity index (χ4v) is 2.71. The van der Waals surface area contributed by atoms with Crippen molar-refractivity contribution in [3.05, 3.63) is 59.4 Å². The van der Waals surface area contributed by atoms with Gasteiger partial charge in [0, 0.05) is 25.2 Å². The van der Waals surface area contributed by atoms with Crippen LogP contribution in [0.15, 0.2) is 42.5 Å². The minimum Gasteiger partial charge on any atom is -0.482 e. The lowest BCUT2D eigenvalue weighted by Gasteiger charge is -2.19. The highest BCUT2D eigenvalue weighted by molar-refractivity contribution is 5.99. The Kier molecular flexibility index (Phi) is 5.48. The Labute approximate surface area is 150 Å². The molecule has 2 amide bonds. The van der Waals surface area contributed by atoms with Crippen molar-refractivity contribution in [2.24, 2.45) is 0 Å². The molecule has 136 valence electrons. The van der Waals surface area contributed by atoms with Crippen molar-refractivity contribution in [2.75, 3.05) is 32.1 Å². The van der Waals surface area contributed by atoms with Crippen LogP contribution in [0.1, 0.15) is 15.9 Å². The number of benzene rings is 2. The number of hydrogen-bond donors (Lipinski definition) is 2. The van der Waals surface area contributed by atoms with E-state index in [4.69, 9.17) is 4.74 Å². The Hall–Kier alpha value is -2.93. The van der Waals surface area contributed by atoms with Crippen LogP contribution < -0.4 is 15.4 Å². The third-order valence-corrected chi connectivity index (χ3v) is 4.00. The second-order valence-electron chi connectivity index (χ2n) is 6.17. The minimum atomic E-state index is -0.257. The average molecular weight is 357 g/mol. The summed E-state index contributed by atoms with van der Waals surface area (Å²) in [4.78, 5) is 25.6. The number of anilines is 1. The molecule has 2 aromatic rings. The Morgan fingerprint density at radius 2 is 2.15 bits per heavy atom. The standard InChI is InChI=1S/C19H20FN3O3/c1-23(11-13-3-2-4-15(20)9-13)8-7-21-19(25)14-5-6-17-16(10-14)22-18(24)12-26-17/h2-6,9-10H,7-8,11-12H2,1H3,(H,21,25)(H,22,24). The third kappa shape index (κ3) is 4.58. The van der Waals surface area contributed by atoms with E-state index in [2.05, 4.69) is 10.6 Å². The van der Waals surface area contributed by atoms with Gasteiger partial charge in [-0.3, -0.25) is 9.59 Å². The molecule has 0 radical (unpaired) electrons. The van der Waals surface area contributed by atoms with Gasteiger partial charge in [0.1, 0.15) is 11.6 Å². The van der Waals surface area contributed by atoms with Crippen LogP contribution >= 0.6 is 0 Å². The number of nitrogens with zero attached hydrogens (tertiary/aromatic N) is 1. The van der Waals surface area contributed by atoms with Crippen LogP contribution in [-0.4, -0.2) is 43.5 Å². The quantitative estimate of drug-likeness (QED) is 0.830. The number of rotatable bonds is 6. The molecule has 1 aliphatic heterocycles. The molecule has 0 spiro atoms. The van der Waals surface area contributed by atoms with Crippen LogP contribution in [0, 0.1) is 5.82 Å². The van der Waals surface area contributed by atoms with E-state index in [1.807, 2.05) is 18.0 Å². The Morgan fingerprint density at radius 3 is 2.96 bits per heavy atom. The molecule has 0 unspecified atom stereocenters. The summed E-state index contributed by atoms with van der Waals surface area (Å²) in [6.07, 6.45) is 0. The molecule has 1 aliphatic rings. The van der Waals surface area contributed by atoms with Gasteiger partial charge >= 0.3 is 0 Å². The van der Waals surface area contributed by atoms with Crippen LogP contribution in [0.5, 0.6) is 5.75 Å². The first-order valence-corrected chi connectivity index (χ1v) is 8.29. The molecule has 0 aromatic heterocycles. The van der Waals surface area contributed by atoms with E-state index in [0.717, 1.165) is 5.56 Å². The highest BCUT2D eigenvalue weighted by atomic mass is 19.1. The molecule has 1 heterocycles. The third-order valence-electron chi connectivity index (χ3n) is 4.00. The van der Waals surface area contributed by atoms with E-state index in [0.29, 0.717) is 36.6 Å². The van der Waals surface area contributed by atoms with Crippen LogP contribution in [0.25, 0.3) is 0 Å². The Morgan fingerprint density at radius 1 is 1.31 bits per heavy atom. The summed E-state index contributed by atoms with van der Waals surface area (Å²) < 4.78 is 18.5. The molecule has 3 rings (SSSR count). The molecule has 0 fully saturated rings. The smallest absolute Gasteiger partial charge is 0.262 e. The van der Waals surface area contributed by atoms with Gasteiger partial charge in [0.25, 0.3) is 11.8 Å². The van der Waals surface area contributed by atoms with Gasteiger partial charge in [0.05, 0.1) is 5.69 Å². The SMILES string of the molecule is CN(CCNC(=O)c1ccc2c(c1)NC(=O)CO2)Cc1cccc(F)c1.